The summed E-state index contributed by atoms with van der Waals surface area (Å²) in [5, 5.41) is 257. The van der Waals surface area contributed by atoms with E-state index < -0.39 is 310 Å². The van der Waals surface area contributed by atoms with Crippen LogP contribution in [0.3, 0.4) is 0 Å². The summed E-state index contributed by atoms with van der Waals surface area (Å²) in [6, 6.07) is -3.00. The summed E-state index contributed by atoms with van der Waals surface area (Å²) < 4.78 is 87.9. The molecule has 0 spiro atoms. The van der Waals surface area contributed by atoms with Gasteiger partial charge in [0.2, 0.25) is 11.8 Å². The quantitative estimate of drug-likeness (QED) is 0.0404. The van der Waals surface area contributed by atoms with Gasteiger partial charge in [-0.3, -0.25) is 9.59 Å². The molecule has 42 heteroatoms. The van der Waals surface area contributed by atoms with E-state index in [1.54, 1.807) is 13.8 Å². The van der Waals surface area contributed by atoms with Gasteiger partial charge >= 0.3 is 0 Å². The molecule has 8 saturated heterocycles. The second kappa shape index (κ2) is 34.8. The number of amides is 2. The van der Waals surface area contributed by atoms with Gasteiger partial charge in [0.1, 0.15) is 189 Å². The van der Waals surface area contributed by atoms with Crippen LogP contribution in [0.5, 0.6) is 0 Å². The maximum absolute atomic E-state index is 12.9. The van der Waals surface area contributed by atoms with Crippen LogP contribution < -0.4 is 10.6 Å². The van der Waals surface area contributed by atoms with Crippen molar-refractivity contribution in [3.8, 4) is 0 Å². The van der Waals surface area contributed by atoms with Crippen molar-refractivity contribution < 1.29 is 198 Å². The Balaban J connectivity index is 1.12. The molecule has 25 N–H and O–H groups in total. The second-order valence-corrected chi connectivity index (χ2v) is 25.2. The molecule has 0 aromatic rings. The van der Waals surface area contributed by atoms with Crippen LogP contribution in [0.25, 0.3) is 0 Å². The molecule has 8 aliphatic heterocycles. The molecular formula is C55H94N2O40. The van der Waals surface area contributed by atoms with Crippen molar-refractivity contribution in [2.75, 3.05) is 52.9 Å². The molecule has 8 heterocycles. The molecule has 0 bridgehead atoms. The zero-order valence-corrected chi connectivity index (χ0v) is 52.6. The summed E-state index contributed by atoms with van der Waals surface area (Å²) >= 11 is 0. The minimum Gasteiger partial charge on any atom is -0.394 e. The number of carbonyl (C=O) groups excluding carboxylic acids is 2. The van der Waals surface area contributed by atoms with Crippen molar-refractivity contribution in [1.82, 2.24) is 10.6 Å². The lowest BCUT2D eigenvalue weighted by atomic mass is 9.87. The van der Waals surface area contributed by atoms with Gasteiger partial charge in [-0.2, -0.15) is 0 Å². The molecular weight excluding hydrogens is 1330 g/mol. The standard InChI is InChI=1S/C55H94N2O40/c1-13(2)43-24(56-14(3)64)32(72)44(20(9-62)85-43)93-49-25(57-15(4)65)33(73)45(21(10-63)90-49)94-54-42(82)47(96-55-48(37(77)29(69)19(8-61)89-55)97-53-40(80)36(76)28(68)18(7-60)88-53)31(71)23(92-54)12-84-51-41(81)46(95-52-39(79)35(75)27(67)17(6-59)87-52)30(70)22(91-51)11-83-50-38(78)34(74)26(66)16(5-58)86-50/h13,16-55,58-63,66-82H,5-12H2,1-4H3,(H,56,64)(H,57,65)/t16?,17?,18?,19?,20?,21?,22?,23?,24?,25?,26-,27-,28-,29-,30-,31-,32-,33-,34+,35?,36?,37?,38?,39?,40?,41?,42?,43+,44-,45-,46+,47+,48?,49+,50+,51-,52-,53-,54+,55-/m1/s1. The van der Waals surface area contributed by atoms with Gasteiger partial charge in [-0.15, -0.1) is 0 Å². The highest BCUT2D eigenvalue weighted by atomic mass is 16.8. The fourth-order valence-electron chi connectivity index (χ4n) is 12.7. The van der Waals surface area contributed by atoms with Crippen LogP contribution in [-0.2, 0) is 80.6 Å². The number of rotatable bonds is 25. The fraction of sp³-hybridized carbons (Fsp3) is 0.964. The van der Waals surface area contributed by atoms with E-state index in [9.17, 15) is 127 Å². The van der Waals surface area contributed by atoms with Crippen molar-refractivity contribution >= 4 is 11.8 Å². The minimum absolute atomic E-state index is 0.374. The molecule has 97 heavy (non-hydrogen) atoms. The molecule has 42 nitrogen and oxygen atoms in total. The number of carbonyl (C=O) groups is 2. The average Bonchev–Trinajstić information content (AvgIpc) is 0.775. The number of aliphatic hydroxyl groups is 23. The molecule has 564 valence electrons. The van der Waals surface area contributed by atoms with Crippen LogP contribution in [0.4, 0.5) is 0 Å². The lowest BCUT2D eigenvalue weighted by Gasteiger charge is -2.51. The number of nitrogens with one attached hydrogen (secondary N) is 2. The van der Waals surface area contributed by atoms with Crippen LogP contribution in [0.1, 0.15) is 27.7 Å². The van der Waals surface area contributed by atoms with Crippen LogP contribution in [0.15, 0.2) is 0 Å². The number of hydrogen-bond acceptors (Lipinski definition) is 40. The highest BCUT2D eigenvalue weighted by Crippen LogP contribution is 2.39. The van der Waals surface area contributed by atoms with E-state index in [4.69, 9.17) is 71.1 Å². The smallest absolute Gasteiger partial charge is 0.217 e. The maximum Gasteiger partial charge on any atom is 0.217 e. The molecule has 0 aromatic carbocycles. The Labute approximate surface area is 551 Å². The Morgan fingerprint density at radius 2 is 0.598 bits per heavy atom. The van der Waals surface area contributed by atoms with Crippen LogP contribution in [0, 0.1) is 5.92 Å². The van der Waals surface area contributed by atoms with Gasteiger partial charge in [-0.05, 0) is 5.92 Å². The predicted octanol–water partition coefficient (Wildman–Crippen LogP) is -16.5. The van der Waals surface area contributed by atoms with Gasteiger partial charge in [0.05, 0.1) is 65.0 Å². The largest absolute Gasteiger partial charge is 0.394 e. The van der Waals surface area contributed by atoms with Gasteiger partial charge in [-0.25, -0.2) is 0 Å². The first kappa shape index (κ1) is 80.1. The minimum atomic E-state index is -2.47. The van der Waals surface area contributed by atoms with E-state index in [2.05, 4.69) is 10.6 Å². The van der Waals surface area contributed by atoms with Gasteiger partial charge in [0.15, 0.2) is 44.0 Å². The van der Waals surface area contributed by atoms with Crippen molar-refractivity contribution in [2.24, 2.45) is 5.92 Å². The first-order chi connectivity index (χ1) is 45.9. The summed E-state index contributed by atoms with van der Waals surface area (Å²) in [7, 11) is 0. The molecule has 8 rings (SSSR count). The van der Waals surface area contributed by atoms with E-state index in [1.165, 1.54) is 0 Å². The van der Waals surface area contributed by atoms with Crippen molar-refractivity contribution in [1.29, 1.82) is 0 Å². The Kier molecular flexibility index (Phi) is 28.7. The van der Waals surface area contributed by atoms with E-state index in [-0.39, 0.29) is 5.92 Å². The summed E-state index contributed by atoms with van der Waals surface area (Å²) in [4.78, 5) is 25.3. The molecule has 8 fully saturated rings. The summed E-state index contributed by atoms with van der Waals surface area (Å²) in [6.45, 7) is -2.42. The zero-order chi connectivity index (χ0) is 71.5. The SMILES string of the molecule is CC(=O)NC1[C@H](O[C@@H]2C(CO)O[C@@H](C(C)C)C(NC(C)=O)[C@H]2O)OC(CO)[C@@H](O[C@@H]2OC(CO[C@@H]3OC(CO[C@H]4OC(CO)[C@@H](O)[C@H](O)C4O)[C@@H](O)[C@H](O[C@H]4OC(CO)[C@@H](O)C(O)C4O)C3O)[C@@H](O)[C@H](O[C@H]3OC(CO)[C@@H](O)C(O)C3O[C@H]3OC(CO)[C@@H](O)C(O)C3O)C2O)[C@@H]1O. The molecule has 0 aromatic heterocycles. The Morgan fingerprint density at radius 1 is 0.299 bits per heavy atom. The second-order valence-electron chi connectivity index (χ2n) is 25.2. The third-order valence-electron chi connectivity index (χ3n) is 18.1. The third-order valence-corrected chi connectivity index (χ3v) is 18.1. The summed E-state index contributed by atoms with van der Waals surface area (Å²) in [6.07, 6.45) is -75.7. The van der Waals surface area contributed by atoms with E-state index in [0.717, 1.165) is 13.8 Å². The summed E-state index contributed by atoms with van der Waals surface area (Å²) in [5.41, 5.74) is 0. The normalized spacial score (nSPS) is 50.1. The Hall–Kier alpha value is -2.58. The average molecular weight is 1420 g/mol. The Morgan fingerprint density at radius 3 is 1.04 bits per heavy atom. The maximum atomic E-state index is 12.9. The van der Waals surface area contributed by atoms with Crippen molar-refractivity contribution in [3.63, 3.8) is 0 Å². The van der Waals surface area contributed by atoms with Gasteiger partial charge in [0, 0.05) is 13.8 Å². The molecule has 0 aliphatic carbocycles. The highest BCUT2D eigenvalue weighted by molar-refractivity contribution is 5.73. The number of ether oxygens (including phenoxy) is 15. The van der Waals surface area contributed by atoms with E-state index in [1.807, 2.05) is 0 Å². The lowest BCUT2D eigenvalue weighted by molar-refractivity contribution is -0.399. The highest BCUT2D eigenvalue weighted by Gasteiger charge is 2.59. The Bertz CT molecular complexity index is 2430. The molecule has 40 atom stereocenters. The van der Waals surface area contributed by atoms with Gasteiger partial charge in [0.25, 0.3) is 0 Å². The fourth-order valence-corrected chi connectivity index (χ4v) is 12.7. The van der Waals surface area contributed by atoms with E-state index >= 15 is 0 Å². The van der Waals surface area contributed by atoms with Crippen molar-refractivity contribution in [2.45, 2.75) is 273 Å². The van der Waals surface area contributed by atoms with Gasteiger partial charge < -0.3 is 199 Å². The molecule has 2 amide bonds. The first-order valence-electron chi connectivity index (χ1n) is 31.4. The van der Waals surface area contributed by atoms with Crippen molar-refractivity contribution in [3.05, 3.63) is 0 Å². The predicted molar refractivity (Wildman–Crippen MR) is 300 cm³/mol. The lowest BCUT2D eigenvalue weighted by Crippen LogP contribution is -2.70. The summed E-state index contributed by atoms with van der Waals surface area (Å²) in [5.74, 6) is -1.84. The van der Waals surface area contributed by atoms with E-state index in [0.29, 0.717) is 0 Å². The van der Waals surface area contributed by atoms with Gasteiger partial charge in [-0.1, -0.05) is 13.8 Å². The first-order valence-corrected chi connectivity index (χ1v) is 31.4. The van der Waals surface area contributed by atoms with Crippen LogP contribution >= 0.6 is 0 Å². The topological polar surface area (TPSA) is 662 Å². The monoisotopic (exact) mass is 1420 g/mol. The molecule has 8 aliphatic rings. The number of aliphatic hydroxyl groups excluding tert-OH is 23. The number of hydrogen-bond donors (Lipinski definition) is 25. The third kappa shape index (κ3) is 17.5. The molecule has 0 saturated carbocycles. The van der Waals surface area contributed by atoms with Crippen LogP contribution in [0.2, 0.25) is 0 Å². The molecule has 0 radical (unpaired) electrons. The molecule has 19 unspecified atom stereocenters. The van der Waals surface area contributed by atoms with Crippen LogP contribution in [-0.4, -0.2) is 427 Å². The zero-order valence-electron chi connectivity index (χ0n) is 52.6.